The standard InChI is InChI=1S/C11H23N3O2/c1-12(2)11(16)10-14-5-3-4-13(6-7-14)8-9-15/h15H,3-10H2,1-2H3. The first-order chi connectivity index (χ1) is 7.63. The Balaban J connectivity index is 2.32. The Morgan fingerprint density at radius 1 is 1.19 bits per heavy atom. The molecule has 0 saturated carbocycles. The Labute approximate surface area is 97.6 Å². The zero-order valence-electron chi connectivity index (χ0n) is 10.4. The lowest BCUT2D eigenvalue weighted by atomic mass is 10.3. The lowest BCUT2D eigenvalue weighted by Crippen LogP contribution is -2.39. The smallest absolute Gasteiger partial charge is 0.236 e. The van der Waals surface area contributed by atoms with E-state index < -0.39 is 0 Å². The van der Waals surface area contributed by atoms with Gasteiger partial charge in [-0.25, -0.2) is 0 Å². The van der Waals surface area contributed by atoms with Crippen LogP contribution < -0.4 is 0 Å². The van der Waals surface area contributed by atoms with Crippen molar-refractivity contribution in [3.63, 3.8) is 0 Å². The Morgan fingerprint density at radius 2 is 1.81 bits per heavy atom. The number of nitrogens with zero attached hydrogens (tertiary/aromatic N) is 3. The number of likely N-dealkylation sites (N-methyl/N-ethyl adjacent to an activating group) is 1. The Kier molecular flexibility index (Phi) is 5.73. The van der Waals surface area contributed by atoms with Crippen molar-refractivity contribution in [2.75, 3.05) is 60.0 Å². The normalized spacial score (nSPS) is 19.4. The molecule has 1 rings (SSSR count). The number of rotatable bonds is 4. The highest BCUT2D eigenvalue weighted by Gasteiger charge is 2.17. The van der Waals surface area contributed by atoms with E-state index in [-0.39, 0.29) is 12.5 Å². The van der Waals surface area contributed by atoms with Crippen molar-refractivity contribution < 1.29 is 9.90 Å². The number of carbonyl (C=O) groups excluding carboxylic acids is 1. The molecule has 1 heterocycles. The van der Waals surface area contributed by atoms with Gasteiger partial charge < -0.3 is 10.0 Å². The average Bonchev–Trinajstić information content (AvgIpc) is 2.44. The predicted molar refractivity (Wildman–Crippen MR) is 63.3 cm³/mol. The Bertz CT molecular complexity index is 221. The van der Waals surface area contributed by atoms with Gasteiger partial charge in [-0.3, -0.25) is 14.6 Å². The molecule has 1 N–H and O–H groups in total. The predicted octanol–water partition coefficient (Wildman–Crippen LogP) is -0.925. The van der Waals surface area contributed by atoms with Crippen LogP contribution in [-0.2, 0) is 4.79 Å². The second-order valence-corrected chi connectivity index (χ2v) is 4.48. The summed E-state index contributed by atoms with van der Waals surface area (Å²) in [5, 5.41) is 8.88. The van der Waals surface area contributed by atoms with Gasteiger partial charge >= 0.3 is 0 Å². The van der Waals surface area contributed by atoms with Crippen LogP contribution in [0.5, 0.6) is 0 Å². The topological polar surface area (TPSA) is 47.0 Å². The summed E-state index contributed by atoms with van der Waals surface area (Å²) in [6.07, 6.45) is 1.07. The van der Waals surface area contributed by atoms with Crippen LogP contribution in [0.3, 0.4) is 0 Å². The number of hydrogen-bond acceptors (Lipinski definition) is 4. The minimum absolute atomic E-state index is 0.163. The molecule has 1 aliphatic rings. The highest BCUT2D eigenvalue weighted by atomic mass is 16.3. The van der Waals surface area contributed by atoms with Gasteiger partial charge in [0.1, 0.15) is 0 Å². The summed E-state index contributed by atoms with van der Waals surface area (Å²) in [6, 6.07) is 0. The molecule has 0 bridgehead atoms. The maximum Gasteiger partial charge on any atom is 0.236 e. The van der Waals surface area contributed by atoms with E-state index in [4.69, 9.17) is 5.11 Å². The van der Waals surface area contributed by atoms with Crippen LogP contribution >= 0.6 is 0 Å². The maximum absolute atomic E-state index is 11.6. The molecule has 16 heavy (non-hydrogen) atoms. The van der Waals surface area contributed by atoms with Crippen molar-refractivity contribution >= 4 is 5.91 Å². The third-order valence-electron chi connectivity index (χ3n) is 2.96. The zero-order valence-corrected chi connectivity index (χ0v) is 10.4. The summed E-state index contributed by atoms with van der Waals surface area (Å²) in [6.45, 7) is 5.33. The van der Waals surface area contributed by atoms with Gasteiger partial charge in [-0.15, -0.1) is 0 Å². The number of carbonyl (C=O) groups is 1. The van der Waals surface area contributed by atoms with E-state index in [1.165, 1.54) is 0 Å². The van der Waals surface area contributed by atoms with Crippen LogP contribution in [0.1, 0.15) is 6.42 Å². The molecule has 0 atom stereocenters. The largest absolute Gasteiger partial charge is 0.395 e. The van der Waals surface area contributed by atoms with Crippen LogP contribution in [-0.4, -0.2) is 85.7 Å². The first-order valence-electron chi connectivity index (χ1n) is 5.89. The number of aliphatic hydroxyl groups excluding tert-OH is 1. The van der Waals surface area contributed by atoms with E-state index in [1.807, 2.05) is 0 Å². The van der Waals surface area contributed by atoms with Gasteiger partial charge in [0.15, 0.2) is 0 Å². The van der Waals surface area contributed by atoms with E-state index in [9.17, 15) is 4.79 Å². The minimum Gasteiger partial charge on any atom is -0.395 e. The van der Waals surface area contributed by atoms with Gasteiger partial charge in [-0.05, 0) is 19.5 Å². The molecule has 5 nitrogen and oxygen atoms in total. The van der Waals surface area contributed by atoms with E-state index in [2.05, 4.69) is 9.80 Å². The number of β-amino-alcohol motifs (C(OH)–C–C–N with tert-alkyl or cyclic N) is 1. The molecule has 1 fully saturated rings. The fraction of sp³-hybridized carbons (Fsp3) is 0.909. The number of hydrogen-bond donors (Lipinski definition) is 1. The lowest BCUT2D eigenvalue weighted by molar-refractivity contribution is -0.129. The fourth-order valence-corrected chi connectivity index (χ4v) is 1.88. The van der Waals surface area contributed by atoms with E-state index >= 15 is 0 Å². The average molecular weight is 229 g/mol. The fourth-order valence-electron chi connectivity index (χ4n) is 1.88. The number of amides is 1. The van der Waals surface area contributed by atoms with E-state index in [0.717, 1.165) is 39.1 Å². The SMILES string of the molecule is CN(C)C(=O)CN1CCCN(CCO)CC1. The lowest BCUT2D eigenvalue weighted by Gasteiger charge is -2.22. The molecule has 0 aliphatic carbocycles. The van der Waals surface area contributed by atoms with Gasteiger partial charge in [0, 0.05) is 33.7 Å². The Morgan fingerprint density at radius 3 is 2.44 bits per heavy atom. The molecule has 1 aliphatic heterocycles. The summed E-state index contributed by atoms with van der Waals surface area (Å²) in [7, 11) is 3.58. The maximum atomic E-state index is 11.6. The molecule has 94 valence electrons. The highest BCUT2D eigenvalue weighted by Crippen LogP contribution is 2.02. The second kappa shape index (κ2) is 6.83. The van der Waals surface area contributed by atoms with Crippen LogP contribution in [0, 0.1) is 0 Å². The number of aliphatic hydroxyl groups is 1. The molecule has 0 aromatic heterocycles. The molecule has 5 heteroatoms. The molecular weight excluding hydrogens is 206 g/mol. The third kappa shape index (κ3) is 4.47. The van der Waals surface area contributed by atoms with Crippen LogP contribution in [0.4, 0.5) is 0 Å². The second-order valence-electron chi connectivity index (χ2n) is 4.48. The summed E-state index contributed by atoms with van der Waals surface area (Å²) in [5.74, 6) is 0.163. The van der Waals surface area contributed by atoms with E-state index in [1.54, 1.807) is 19.0 Å². The van der Waals surface area contributed by atoms with Crippen molar-refractivity contribution in [2.24, 2.45) is 0 Å². The van der Waals surface area contributed by atoms with Crippen LogP contribution in [0.25, 0.3) is 0 Å². The van der Waals surface area contributed by atoms with Crippen molar-refractivity contribution in [1.82, 2.24) is 14.7 Å². The molecule has 0 aromatic rings. The molecule has 0 aromatic carbocycles. The summed E-state index contributed by atoms with van der Waals surface area (Å²) in [5.41, 5.74) is 0. The van der Waals surface area contributed by atoms with Crippen molar-refractivity contribution in [1.29, 1.82) is 0 Å². The summed E-state index contributed by atoms with van der Waals surface area (Å²) < 4.78 is 0. The summed E-state index contributed by atoms with van der Waals surface area (Å²) in [4.78, 5) is 17.6. The zero-order chi connectivity index (χ0) is 12.0. The minimum atomic E-state index is 0.163. The third-order valence-corrected chi connectivity index (χ3v) is 2.96. The molecule has 0 radical (unpaired) electrons. The molecular formula is C11H23N3O2. The van der Waals surface area contributed by atoms with Gasteiger partial charge in [0.25, 0.3) is 0 Å². The summed E-state index contributed by atoms with van der Waals surface area (Å²) >= 11 is 0. The highest BCUT2D eigenvalue weighted by molar-refractivity contribution is 5.77. The van der Waals surface area contributed by atoms with Crippen molar-refractivity contribution in [3.8, 4) is 0 Å². The Hall–Kier alpha value is -0.650. The van der Waals surface area contributed by atoms with Crippen LogP contribution in [0.2, 0.25) is 0 Å². The quantitative estimate of drug-likeness (QED) is 0.677. The molecule has 1 saturated heterocycles. The van der Waals surface area contributed by atoms with Crippen molar-refractivity contribution in [2.45, 2.75) is 6.42 Å². The molecule has 0 spiro atoms. The molecule has 1 amide bonds. The first-order valence-corrected chi connectivity index (χ1v) is 5.89. The van der Waals surface area contributed by atoms with Crippen molar-refractivity contribution in [3.05, 3.63) is 0 Å². The van der Waals surface area contributed by atoms with Gasteiger partial charge in [-0.1, -0.05) is 0 Å². The van der Waals surface area contributed by atoms with Gasteiger partial charge in [-0.2, -0.15) is 0 Å². The first kappa shape index (κ1) is 13.4. The van der Waals surface area contributed by atoms with Gasteiger partial charge in [0.05, 0.1) is 13.2 Å². The van der Waals surface area contributed by atoms with Gasteiger partial charge in [0.2, 0.25) is 5.91 Å². The molecule has 0 unspecified atom stereocenters. The van der Waals surface area contributed by atoms with Crippen LogP contribution in [0.15, 0.2) is 0 Å². The van der Waals surface area contributed by atoms with E-state index in [0.29, 0.717) is 6.54 Å². The monoisotopic (exact) mass is 229 g/mol.